The highest BCUT2D eigenvalue weighted by molar-refractivity contribution is 14.1. The normalized spacial score (nSPS) is 10.9. The predicted molar refractivity (Wildman–Crippen MR) is 62.1 cm³/mol. The molecule has 1 aromatic carbocycles. The van der Waals surface area contributed by atoms with Gasteiger partial charge in [-0.3, -0.25) is 4.98 Å². The summed E-state index contributed by atoms with van der Waals surface area (Å²) in [5.74, 6) is -1.19. The Hall–Kier alpha value is -0.300. The van der Waals surface area contributed by atoms with E-state index in [9.17, 15) is 8.78 Å². The third-order valence-electron chi connectivity index (χ3n) is 1.83. The zero-order chi connectivity index (χ0) is 10.3. The minimum Gasteiger partial charge on any atom is -0.263 e. The Morgan fingerprint density at radius 2 is 2.00 bits per heavy atom. The van der Waals surface area contributed by atoms with Crippen LogP contribution in [0.3, 0.4) is 0 Å². The van der Waals surface area contributed by atoms with E-state index in [1.54, 1.807) is 0 Å². The summed E-state index contributed by atoms with van der Waals surface area (Å²) in [6.45, 7) is 0. The zero-order valence-electron chi connectivity index (χ0n) is 6.69. The van der Waals surface area contributed by atoms with E-state index in [2.05, 4.69) is 20.9 Å². The van der Waals surface area contributed by atoms with E-state index in [1.165, 1.54) is 18.5 Å². The molecule has 2 rings (SSSR count). The molecule has 0 aliphatic heterocycles. The maximum atomic E-state index is 13.6. The number of fused-ring (bicyclic) bond motifs is 1. The Morgan fingerprint density at radius 1 is 1.29 bits per heavy atom. The van der Waals surface area contributed by atoms with Gasteiger partial charge in [-0.25, -0.2) is 8.78 Å². The van der Waals surface area contributed by atoms with Gasteiger partial charge in [-0.15, -0.1) is 0 Å². The highest BCUT2D eigenvalue weighted by Crippen LogP contribution is 2.30. The lowest BCUT2D eigenvalue weighted by Gasteiger charge is -2.04. The third-order valence-corrected chi connectivity index (χ3v) is 3.38. The average Bonchev–Trinajstić information content (AvgIpc) is 2.14. The second-order valence-corrected chi connectivity index (χ2v) is 4.66. The van der Waals surface area contributed by atoms with Gasteiger partial charge in [0, 0.05) is 26.7 Å². The molecule has 2 aromatic rings. The molecule has 14 heavy (non-hydrogen) atoms. The maximum Gasteiger partial charge on any atom is 0.149 e. The van der Waals surface area contributed by atoms with Crippen LogP contribution in [-0.4, -0.2) is 4.98 Å². The van der Waals surface area contributed by atoms with Gasteiger partial charge in [-0.2, -0.15) is 0 Å². The van der Waals surface area contributed by atoms with E-state index in [-0.39, 0.29) is 4.47 Å². The molecular weight excluding hydrogens is 367 g/mol. The molecule has 0 saturated carbocycles. The molecular formula is C9H3BrF2IN. The number of rotatable bonds is 0. The van der Waals surface area contributed by atoms with Gasteiger partial charge in [0.2, 0.25) is 0 Å². The Bertz CT molecular complexity index is 516. The number of pyridine rings is 1. The van der Waals surface area contributed by atoms with Gasteiger partial charge in [0.1, 0.15) is 11.6 Å². The van der Waals surface area contributed by atoms with Crippen LogP contribution in [0.4, 0.5) is 8.78 Å². The monoisotopic (exact) mass is 369 g/mol. The van der Waals surface area contributed by atoms with Gasteiger partial charge < -0.3 is 0 Å². The summed E-state index contributed by atoms with van der Waals surface area (Å²) in [5.41, 5.74) is 0. The molecule has 0 unspecified atom stereocenters. The molecule has 72 valence electrons. The molecule has 0 atom stereocenters. The van der Waals surface area contributed by atoms with Gasteiger partial charge >= 0.3 is 0 Å². The van der Waals surface area contributed by atoms with Crippen LogP contribution in [0.2, 0.25) is 0 Å². The van der Waals surface area contributed by atoms with E-state index < -0.39 is 11.6 Å². The van der Waals surface area contributed by atoms with E-state index in [1.807, 2.05) is 22.6 Å². The van der Waals surface area contributed by atoms with Gasteiger partial charge in [0.15, 0.2) is 0 Å². The van der Waals surface area contributed by atoms with Crippen molar-refractivity contribution in [2.45, 2.75) is 0 Å². The number of halogens is 4. The molecule has 5 heteroatoms. The molecule has 0 aliphatic carbocycles. The smallest absolute Gasteiger partial charge is 0.149 e. The van der Waals surface area contributed by atoms with E-state index in [0.717, 1.165) is 0 Å². The van der Waals surface area contributed by atoms with Crippen LogP contribution in [0.25, 0.3) is 10.8 Å². The quantitative estimate of drug-likeness (QED) is 0.507. The lowest BCUT2D eigenvalue weighted by molar-refractivity contribution is 0.580. The minimum atomic E-state index is -0.612. The van der Waals surface area contributed by atoms with Crippen LogP contribution in [0.5, 0.6) is 0 Å². The van der Waals surface area contributed by atoms with Crippen molar-refractivity contribution >= 4 is 49.3 Å². The molecule has 0 saturated heterocycles. The predicted octanol–water partition coefficient (Wildman–Crippen LogP) is 3.88. The standard InChI is InChI=1S/C9H3BrF2IN/c10-8-5(11)1-4-2-14-3-6(13)7(4)9(8)12/h1-3H. The summed E-state index contributed by atoms with van der Waals surface area (Å²) in [5, 5.41) is 0.865. The highest BCUT2D eigenvalue weighted by atomic mass is 127. The highest BCUT2D eigenvalue weighted by Gasteiger charge is 2.13. The molecule has 0 fully saturated rings. The summed E-state index contributed by atoms with van der Waals surface area (Å²) >= 11 is 4.83. The largest absolute Gasteiger partial charge is 0.263 e. The summed E-state index contributed by atoms with van der Waals surface area (Å²) in [7, 11) is 0. The summed E-state index contributed by atoms with van der Waals surface area (Å²) in [6, 6.07) is 1.26. The van der Waals surface area contributed by atoms with Crippen molar-refractivity contribution in [2.24, 2.45) is 0 Å². The first kappa shape index (κ1) is 10.2. The Morgan fingerprint density at radius 3 is 2.71 bits per heavy atom. The van der Waals surface area contributed by atoms with Gasteiger partial charge in [0.05, 0.1) is 4.47 Å². The number of benzene rings is 1. The molecule has 1 heterocycles. The fourth-order valence-electron chi connectivity index (χ4n) is 1.21. The molecule has 1 nitrogen and oxygen atoms in total. The van der Waals surface area contributed by atoms with Gasteiger partial charge in [-0.05, 0) is 44.6 Å². The maximum absolute atomic E-state index is 13.6. The summed E-state index contributed by atoms with van der Waals surface area (Å²) in [4.78, 5) is 3.87. The molecule has 1 aromatic heterocycles. The van der Waals surface area contributed by atoms with Crippen molar-refractivity contribution in [3.8, 4) is 0 Å². The first-order chi connectivity index (χ1) is 6.61. The fourth-order valence-corrected chi connectivity index (χ4v) is 2.23. The van der Waals surface area contributed by atoms with Crippen LogP contribution in [-0.2, 0) is 0 Å². The lowest BCUT2D eigenvalue weighted by Crippen LogP contribution is -1.90. The van der Waals surface area contributed by atoms with Crippen molar-refractivity contribution in [3.63, 3.8) is 0 Å². The Labute approximate surface area is 101 Å². The van der Waals surface area contributed by atoms with E-state index in [4.69, 9.17) is 0 Å². The minimum absolute atomic E-state index is 0.130. The molecule has 0 N–H and O–H groups in total. The SMILES string of the molecule is Fc1cc2cncc(I)c2c(F)c1Br. The lowest BCUT2D eigenvalue weighted by atomic mass is 10.2. The number of hydrogen-bond donors (Lipinski definition) is 0. The van der Waals surface area contributed by atoms with Crippen LogP contribution in [0.1, 0.15) is 0 Å². The molecule has 0 spiro atoms. The first-order valence-corrected chi connectivity index (χ1v) is 5.55. The van der Waals surface area contributed by atoms with Gasteiger partial charge in [0.25, 0.3) is 0 Å². The van der Waals surface area contributed by atoms with Crippen molar-refractivity contribution < 1.29 is 8.78 Å². The fraction of sp³-hybridized carbons (Fsp3) is 0. The van der Waals surface area contributed by atoms with E-state index >= 15 is 0 Å². The number of aromatic nitrogens is 1. The Balaban J connectivity index is 2.99. The Kier molecular flexibility index (Phi) is 2.70. The molecule has 0 aliphatic rings. The average molecular weight is 370 g/mol. The van der Waals surface area contributed by atoms with Crippen LogP contribution in [0.15, 0.2) is 22.9 Å². The van der Waals surface area contributed by atoms with Crippen LogP contribution >= 0.6 is 38.5 Å². The second kappa shape index (κ2) is 3.69. The summed E-state index contributed by atoms with van der Waals surface area (Å²) < 4.78 is 27.3. The van der Waals surface area contributed by atoms with E-state index in [0.29, 0.717) is 14.3 Å². The van der Waals surface area contributed by atoms with Crippen molar-refractivity contribution in [1.29, 1.82) is 0 Å². The second-order valence-electron chi connectivity index (χ2n) is 2.71. The third kappa shape index (κ3) is 1.52. The van der Waals surface area contributed by atoms with Crippen LogP contribution in [0, 0.1) is 15.2 Å². The van der Waals surface area contributed by atoms with Crippen molar-refractivity contribution in [1.82, 2.24) is 4.98 Å². The van der Waals surface area contributed by atoms with Crippen molar-refractivity contribution in [2.75, 3.05) is 0 Å². The molecule has 0 radical (unpaired) electrons. The first-order valence-electron chi connectivity index (χ1n) is 3.68. The number of hydrogen-bond acceptors (Lipinski definition) is 1. The zero-order valence-corrected chi connectivity index (χ0v) is 10.4. The number of nitrogens with zero attached hydrogens (tertiary/aromatic N) is 1. The van der Waals surface area contributed by atoms with Crippen molar-refractivity contribution in [3.05, 3.63) is 38.1 Å². The van der Waals surface area contributed by atoms with Gasteiger partial charge in [-0.1, -0.05) is 0 Å². The topological polar surface area (TPSA) is 12.9 Å². The molecule has 0 bridgehead atoms. The van der Waals surface area contributed by atoms with Crippen LogP contribution < -0.4 is 0 Å². The molecule has 0 amide bonds. The summed E-state index contributed by atoms with van der Waals surface area (Å²) in [6.07, 6.45) is 2.98.